The summed E-state index contributed by atoms with van der Waals surface area (Å²) in [6.45, 7) is 2.58. The minimum atomic E-state index is -1.01. The van der Waals surface area contributed by atoms with Crippen LogP contribution in [0.2, 0.25) is 0 Å². The largest absolute Gasteiger partial charge is 0.480 e. The maximum atomic E-state index is 10.5. The average Bonchev–Trinajstić information content (AvgIpc) is 2.36. The number of rotatable bonds is 5. The lowest BCUT2D eigenvalue weighted by Gasteiger charge is -2.42. The van der Waals surface area contributed by atoms with Gasteiger partial charge < -0.3 is 19.3 Å². The van der Waals surface area contributed by atoms with E-state index in [1.54, 1.807) is 0 Å². The third-order valence-corrected chi connectivity index (χ3v) is 3.09. The first-order chi connectivity index (χ1) is 8.62. The summed E-state index contributed by atoms with van der Waals surface area (Å²) in [5.41, 5.74) is -0.563. The van der Waals surface area contributed by atoms with E-state index in [1.165, 1.54) is 20.4 Å². The number of aliphatic hydroxyl groups is 1. The van der Waals surface area contributed by atoms with Gasteiger partial charge in [0.15, 0.2) is 0 Å². The second-order valence-electron chi connectivity index (χ2n) is 4.29. The molecule has 6 heteroatoms. The van der Waals surface area contributed by atoms with Crippen LogP contribution in [0.1, 0.15) is 25.5 Å². The number of methoxy groups -OCH3 is 2. The molecular formula is C12H18N2O4. The van der Waals surface area contributed by atoms with Crippen LogP contribution in [0.3, 0.4) is 0 Å². The Kier molecular flexibility index (Phi) is 3.68. The highest BCUT2D eigenvalue weighted by Gasteiger charge is 2.48. The molecule has 100 valence electrons. The summed E-state index contributed by atoms with van der Waals surface area (Å²) < 4.78 is 15.6. The van der Waals surface area contributed by atoms with Crippen LogP contribution >= 0.6 is 0 Å². The number of ether oxygens (including phenoxy) is 3. The highest BCUT2D eigenvalue weighted by Crippen LogP contribution is 2.45. The molecule has 0 saturated heterocycles. The Morgan fingerprint density at radius 2 is 2.11 bits per heavy atom. The van der Waals surface area contributed by atoms with Crippen molar-refractivity contribution in [2.24, 2.45) is 0 Å². The number of nitrogens with zero attached hydrogens (tertiary/aromatic N) is 2. The topological polar surface area (TPSA) is 73.7 Å². The molecule has 0 radical (unpaired) electrons. The summed E-state index contributed by atoms with van der Waals surface area (Å²) in [5.74, 6) is 0.659. The van der Waals surface area contributed by atoms with Crippen LogP contribution in [-0.2, 0) is 10.3 Å². The number of aromatic nitrogens is 2. The first-order valence-electron chi connectivity index (χ1n) is 5.92. The van der Waals surface area contributed by atoms with Gasteiger partial charge in [-0.2, -0.15) is 4.98 Å². The molecule has 1 aliphatic rings. The Bertz CT molecular complexity index is 419. The molecule has 18 heavy (non-hydrogen) atoms. The molecule has 1 aliphatic carbocycles. The molecule has 0 atom stereocenters. The van der Waals surface area contributed by atoms with Crippen LogP contribution in [0.5, 0.6) is 11.8 Å². The van der Waals surface area contributed by atoms with Crippen molar-refractivity contribution in [2.45, 2.75) is 31.5 Å². The fourth-order valence-corrected chi connectivity index (χ4v) is 2.16. The van der Waals surface area contributed by atoms with Gasteiger partial charge in [0.1, 0.15) is 11.3 Å². The fourth-order valence-electron chi connectivity index (χ4n) is 2.16. The van der Waals surface area contributed by atoms with Crippen molar-refractivity contribution in [1.82, 2.24) is 9.97 Å². The molecule has 0 spiro atoms. The van der Waals surface area contributed by atoms with Gasteiger partial charge in [-0.05, 0) is 6.92 Å². The smallest absolute Gasteiger partial charge is 0.241 e. The predicted octanol–water partition coefficient (Wildman–Crippen LogP) is 0.880. The van der Waals surface area contributed by atoms with Crippen LogP contribution in [0.4, 0.5) is 0 Å². The van der Waals surface area contributed by atoms with Gasteiger partial charge in [-0.1, -0.05) is 0 Å². The highest BCUT2D eigenvalue weighted by atomic mass is 16.5. The van der Waals surface area contributed by atoms with E-state index in [1.807, 2.05) is 6.92 Å². The third-order valence-electron chi connectivity index (χ3n) is 3.09. The van der Waals surface area contributed by atoms with E-state index in [0.29, 0.717) is 36.9 Å². The third kappa shape index (κ3) is 2.26. The van der Waals surface area contributed by atoms with Gasteiger partial charge in [-0.25, -0.2) is 4.98 Å². The van der Waals surface area contributed by atoms with E-state index < -0.39 is 5.60 Å². The van der Waals surface area contributed by atoms with Crippen LogP contribution in [-0.4, -0.2) is 42.0 Å². The molecule has 1 aromatic rings. The second kappa shape index (κ2) is 5.07. The summed E-state index contributed by atoms with van der Waals surface area (Å²) in [4.78, 5) is 8.31. The molecule has 0 bridgehead atoms. The van der Waals surface area contributed by atoms with Crippen molar-refractivity contribution in [2.75, 3.05) is 20.8 Å². The van der Waals surface area contributed by atoms with Gasteiger partial charge in [0.2, 0.25) is 11.8 Å². The lowest BCUT2D eigenvalue weighted by molar-refractivity contribution is -0.145. The Balaban J connectivity index is 2.18. The maximum Gasteiger partial charge on any atom is 0.241 e. The zero-order valence-corrected chi connectivity index (χ0v) is 10.8. The van der Waals surface area contributed by atoms with Crippen molar-refractivity contribution < 1.29 is 19.3 Å². The zero-order chi connectivity index (χ0) is 13.2. The molecule has 0 aliphatic heterocycles. The zero-order valence-electron chi connectivity index (χ0n) is 10.8. The van der Waals surface area contributed by atoms with Crippen molar-refractivity contribution in [3.63, 3.8) is 0 Å². The normalized spacial score (nSPS) is 26.6. The standard InChI is InChI=1S/C12H18N2O4/c1-4-18-8-5-12(15,6-8)10-11(17-3)14-9(16-2)7-13-10/h7-8,15H,4-6H2,1-3H3. The quantitative estimate of drug-likeness (QED) is 0.840. The highest BCUT2D eigenvalue weighted by molar-refractivity contribution is 5.30. The van der Waals surface area contributed by atoms with Crippen LogP contribution < -0.4 is 9.47 Å². The molecule has 1 heterocycles. The molecule has 1 saturated carbocycles. The van der Waals surface area contributed by atoms with E-state index in [-0.39, 0.29) is 6.10 Å². The maximum absolute atomic E-state index is 10.5. The van der Waals surface area contributed by atoms with Crippen molar-refractivity contribution >= 4 is 0 Å². The summed E-state index contributed by atoms with van der Waals surface area (Å²) in [7, 11) is 3.00. The first kappa shape index (κ1) is 13.0. The van der Waals surface area contributed by atoms with Gasteiger partial charge in [0.05, 0.1) is 26.5 Å². The van der Waals surface area contributed by atoms with E-state index in [0.717, 1.165) is 0 Å². The van der Waals surface area contributed by atoms with Gasteiger partial charge in [0.25, 0.3) is 0 Å². The van der Waals surface area contributed by atoms with E-state index in [2.05, 4.69) is 9.97 Å². The van der Waals surface area contributed by atoms with Crippen LogP contribution in [0.15, 0.2) is 6.20 Å². The summed E-state index contributed by atoms with van der Waals surface area (Å²) in [5, 5.41) is 10.5. The van der Waals surface area contributed by atoms with Crippen LogP contribution in [0.25, 0.3) is 0 Å². The molecule has 0 unspecified atom stereocenters. The van der Waals surface area contributed by atoms with Crippen molar-refractivity contribution in [3.05, 3.63) is 11.9 Å². The molecule has 1 fully saturated rings. The van der Waals surface area contributed by atoms with Gasteiger partial charge in [-0.3, -0.25) is 0 Å². The summed E-state index contributed by atoms with van der Waals surface area (Å²) in [6, 6.07) is 0. The second-order valence-corrected chi connectivity index (χ2v) is 4.29. The van der Waals surface area contributed by atoms with E-state index >= 15 is 0 Å². The fraction of sp³-hybridized carbons (Fsp3) is 0.667. The molecule has 0 aromatic carbocycles. The minimum absolute atomic E-state index is 0.0774. The molecule has 0 amide bonds. The SMILES string of the molecule is CCOC1CC(O)(c2ncc(OC)nc2OC)C1. The summed E-state index contributed by atoms with van der Waals surface area (Å²) >= 11 is 0. The first-order valence-corrected chi connectivity index (χ1v) is 5.92. The Morgan fingerprint density at radius 1 is 1.39 bits per heavy atom. The van der Waals surface area contributed by atoms with Gasteiger partial charge in [-0.15, -0.1) is 0 Å². The Morgan fingerprint density at radius 3 is 2.67 bits per heavy atom. The molecule has 2 rings (SSSR count). The van der Waals surface area contributed by atoms with Gasteiger partial charge in [0, 0.05) is 19.4 Å². The van der Waals surface area contributed by atoms with Crippen LogP contribution in [0, 0.1) is 0 Å². The lowest BCUT2D eigenvalue weighted by Crippen LogP contribution is -2.46. The number of hydrogen-bond donors (Lipinski definition) is 1. The van der Waals surface area contributed by atoms with Crippen molar-refractivity contribution in [1.29, 1.82) is 0 Å². The minimum Gasteiger partial charge on any atom is -0.480 e. The lowest BCUT2D eigenvalue weighted by atomic mass is 9.75. The molecule has 6 nitrogen and oxygen atoms in total. The predicted molar refractivity (Wildman–Crippen MR) is 63.7 cm³/mol. The average molecular weight is 254 g/mol. The van der Waals surface area contributed by atoms with Gasteiger partial charge >= 0.3 is 0 Å². The van der Waals surface area contributed by atoms with Crippen molar-refractivity contribution in [3.8, 4) is 11.8 Å². The Hall–Kier alpha value is -1.40. The van der Waals surface area contributed by atoms with E-state index in [4.69, 9.17) is 14.2 Å². The molecule has 1 aromatic heterocycles. The van der Waals surface area contributed by atoms with E-state index in [9.17, 15) is 5.11 Å². The monoisotopic (exact) mass is 254 g/mol. The number of hydrogen-bond acceptors (Lipinski definition) is 6. The summed E-state index contributed by atoms with van der Waals surface area (Å²) in [6.07, 6.45) is 2.58. The Labute approximate surface area is 106 Å². The molecule has 1 N–H and O–H groups in total. The molecular weight excluding hydrogens is 236 g/mol.